The topological polar surface area (TPSA) is 65.0 Å². The number of hydrogen-bond acceptors (Lipinski definition) is 5. The van der Waals surface area contributed by atoms with E-state index < -0.39 is 0 Å². The van der Waals surface area contributed by atoms with E-state index in [-0.39, 0.29) is 0 Å². The maximum Gasteiger partial charge on any atom is 0.167 e. The van der Waals surface area contributed by atoms with Crippen molar-refractivity contribution in [1.29, 1.82) is 0 Å². The van der Waals surface area contributed by atoms with Crippen LogP contribution in [0.4, 0.5) is 0 Å². The standard InChI is InChI=1S/C45H26BrN3O2/c46-32-15-7-13-30(26-32)28-11-5-10-27(24-28)29-12-6-14-31(25-29)43-47-44(36-19-9-23-40-41(36)35-17-2-4-22-39(35)50-40)49-45(48-43)37-20-8-18-34-33-16-1-3-21-38(33)51-42(34)37/h1-26H. The Labute approximate surface area is 301 Å². The normalized spacial score (nSPS) is 11.6. The number of benzene rings is 7. The van der Waals surface area contributed by atoms with Crippen LogP contribution >= 0.6 is 15.9 Å². The van der Waals surface area contributed by atoms with Gasteiger partial charge in [-0.05, 0) is 70.8 Å². The molecule has 0 aliphatic rings. The lowest BCUT2D eigenvalue weighted by Gasteiger charge is -2.11. The summed E-state index contributed by atoms with van der Waals surface area (Å²) in [5.41, 5.74) is 10.2. The molecule has 3 heterocycles. The predicted octanol–water partition coefficient (Wildman–Crippen LogP) is 12.8. The lowest BCUT2D eigenvalue weighted by molar-refractivity contribution is 0.668. The summed E-state index contributed by atoms with van der Waals surface area (Å²) in [6.07, 6.45) is 0. The van der Waals surface area contributed by atoms with Gasteiger partial charge in [0.05, 0.1) is 5.56 Å². The lowest BCUT2D eigenvalue weighted by Crippen LogP contribution is -2.00. The van der Waals surface area contributed by atoms with Crippen LogP contribution in [0.15, 0.2) is 171 Å². The van der Waals surface area contributed by atoms with Crippen LogP contribution in [0.1, 0.15) is 0 Å². The van der Waals surface area contributed by atoms with E-state index in [4.69, 9.17) is 23.8 Å². The van der Waals surface area contributed by atoms with Crippen LogP contribution in [0.2, 0.25) is 0 Å². The van der Waals surface area contributed by atoms with Gasteiger partial charge >= 0.3 is 0 Å². The van der Waals surface area contributed by atoms with Gasteiger partial charge in [0.2, 0.25) is 0 Å². The minimum Gasteiger partial charge on any atom is -0.456 e. The quantitative estimate of drug-likeness (QED) is 0.177. The van der Waals surface area contributed by atoms with E-state index in [1.54, 1.807) is 0 Å². The number of fused-ring (bicyclic) bond motifs is 6. The summed E-state index contributed by atoms with van der Waals surface area (Å²) in [7, 11) is 0. The van der Waals surface area contributed by atoms with Crippen LogP contribution in [-0.4, -0.2) is 15.0 Å². The molecule has 7 aromatic carbocycles. The molecule has 0 saturated heterocycles. The van der Waals surface area contributed by atoms with Gasteiger partial charge in [0.1, 0.15) is 22.3 Å². The minimum atomic E-state index is 0.534. The van der Waals surface area contributed by atoms with Gasteiger partial charge in [-0.25, -0.2) is 15.0 Å². The molecule has 6 heteroatoms. The molecule has 0 fully saturated rings. The molecule has 0 N–H and O–H groups in total. The van der Waals surface area contributed by atoms with Crippen molar-refractivity contribution in [3.8, 4) is 56.4 Å². The minimum absolute atomic E-state index is 0.534. The Morgan fingerprint density at radius 1 is 0.373 bits per heavy atom. The third kappa shape index (κ3) is 5.11. The molecule has 0 atom stereocenters. The van der Waals surface area contributed by atoms with E-state index in [2.05, 4.69) is 107 Å². The fourth-order valence-electron chi connectivity index (χ4n) is 7.01. The Morgan fingerprint density at radius 2 is 0.882 bits per heavy atom. The van der Waals surface area contributed by atoms with Crippen molar-refractivity contribution in [2.45, 2.75) is 0 Å². The fourth-order valence-corrected chi connectivity index (χ4v) is 7.41. The van der Waals surface area contributed by atoms with E-state index in [0.29, 0.717) is 17.5 Å². The van der Waals surface area contributed by atoms with E-state index in [1.807, 2.05) is 66.7 Å². The fraction of sp³-hybridized carbons (Fsp3) is 0. The smallest absolute Gasteiger partial charge is 0.167 e. The summed E-state index contributed by atoms with van der Waals surface area (Å²) in [5.74, 6) is 1.66. The van der Waals surface area contributed by atoms with Crippen LogP contribution in [0.3, 0.4) is 0 Å². The number of hydrogen-bond donors (Lipinski definition) is 0. The summed E-state index contributed by atoms with van der Waals surface area (Å²) < 4.78 is 13.8. The molecule has 5 nitrogen and oxygen atoms in total. The molecular formula is C45H26BrN3O2. The molecule has 0 bridgehead atoms. The van der Waals surface area contributed by atoms with Crippen LogP contribution in [-0.2, 0) is 0 Å². The average Bonchev–Trinajstić information content (AvgIpc) is 3.77. The molecule has 0 aliphatic carbocycles. The Morgan fingerprint density at radius 3 is 1.65 bits per heavy atom. The maximum atomic E-state index is 6.46. The van der Waals surface area contributed by atoms with Gasteiger partial charge in [-0.2, -0.15) is 0 Å². The number of nitrogens with zero attached hydrogens (tertiary/aromatic N) is 3. The van der Waals surface area contributed by atoms with Crippen molar-refractivity contribution in [2.24, 2.45) is 0 Å². The van der Waals surface area contributed by atoms with Crippen molar-refractivity contribution in [3.63, 3.8) is 0 Å². The van der Waals surface area contributed by atoms with E-state index in [0.717, 1.165) is 87.3 Å². The van der Waals surface area contributed by atoms with Crippen molar-refractivity contribution >= 4 is 59.8 Å². The van der Waals surface area contributed by atoms with Gasteiger partial charge < -0.3 is 8.83 Å². The molecule has 51 heavy (non-hydrogen) atoms. The Kier molecular flexibility index (Phi) is 6.89. The number of furan rings is 2. The first kappa shape index (κ1) is 29.5. The predicted molar refractivity (Wildman–Crippen MR) is 209 cm³/mol. The molecular weight excluding hydrogens is 694 g/mol. The first-order valence-electron chi connectivity index (χ1n) is 16.7. The number of rotatable bonds is 5. The highest BCUT2D eigenvalue weighted by atomic mass is 79.9. The van der Waals surface area contributed by atoms with E-state index >= 15 is 0 Å². The molecule has 0 saturated carbocycles. The second-order valence-electron chi connectivity index (χ2n) is 12.5. The highest BCUT2D eigenvalue weighted by Crippen LogP contribution is 2.39. The first-order chi connectivity index (χ1) is 25.2. The van der Waals surface area contributed by atoms with Crippen molar-refractivity contribution < 1.29 is 8.83 Å². The van der Waals surface area contributed by atoms with Gasteiger partial charge in [0.15, 0.2) is 17.5 Å². The third-order valence-electron chi connectivity index (χ3n) is 9.40. The highest BCUT2D eigenvalue weighted by Gasteiger charge is 2.20. The van der Waals surface area contributed by atoms with Gasteiger partial charge in [-0.15, -0.1) is 0 Å². The summed E-state index contributed by atoms with van der Waals surface area (Å²) in [6, 6.07) is 53.7. The molecule has 3 aromatic heterocycles. The zero-order valence-corrected chi connectivity index (χ0v) is 28.6. The van der Waals surface area contributed by atoms with E-state index in [1.165, 1.54) is 0 Å². The molecule has 240 valence electrons. The largest absolute Gasteiger partial charge is 0.456 e. The molecule has 0 spiro atoms. The van der Waals surface area contributed by atoms with Crippen molar-refractivity contribution in [1.82, 2.24) is 15.0 Å². The van der Waals surface area contributed by atoms with Crippen LogP contribution in [0.25, 0.3) is 100 Å². The van der Waals surface area contributed by atoms with Crippen LogP contribution in [0, 0.1) is 0 Å². The Bertz CT molecular complexity index is 2960. The maximum absolute atomic E-state index is 6.46. The van der Waals surface area contributed by atoms with Crippen LogP contribution in [0.5, 0.6) is 0 Å². The number of aromatic nitrogens is 3. The molecule has 10 rings (SSSR count). The van der Waals surface area contributed by atoms with E-state index in [9.17, 15) is 0 Å². The zero-order chi connectivity index (χ0) is 33.9. The molecule has 0 radical (unpaired) electrons. The Balaban J connectivity index is 1.18. The first-order valence-corrected chi connectivity index (χ1v) is 17.5. The zero-order valence-electron chi connectivity index (χ0n) is 27.0. The second kappa shape index (κ2) is 11.9. The van der Waals surface area contributed by atoms with Gasteiger partial charge in [-0.1, -0.05) is 125 Å². The second-order valence-corrected chi connectivity index (χ2v) is 13.5. The SMILES string of the molecule is Brc1cccc(-c2cccc(-c3cccc(-c4nc(-c5cccc6c5oc5ccccc56)nc(-c5cccc6oc7ccccc7c56)n4)c3)c2)c1. The Hall–Kier alpha value is -6.37. The van der Waals surface area contributed by atoms with Gasteiger partial charge in [-0.3, -0.25) is 0 Å². The lowest BCUT2D eigenvalue weighted by atomic mass is 9.98. The van der Waals surface area contributed by atoms with Gasteiger partial charge in [0, 0.05) is 37.1 Å². The van der Waals surface area contributed by atoms with Crippen molar-refractivity contribution in [3.05, 3.63) is 162 Å². The molecule has 0 unspecified atom stereocenters. The summed E-state index contributed by atoms with van der Waals surface area (Å²) in [5, 5.41) is 4.05. The van der Waals surface area contributed by atoms with Gasteiger partial charge in [0.25, 0.3) is 0 Å². The van der Waals surface area contributed by atoms with Crippen molar-refractivity contribution in [2.75, 3.05) is 0 Å². The highest BCUT2D eigenvalue weighted by molar-refractivity contribution is 9.10. The average molecular weight is 721 g/mol. The summed E-state index contributed by atoms with van der Waals surface area (Å²) >= 11 is 3.62. The summed E-state index contributed by atoms with van der Waals surface area (Å²) in [4.78, 5) is 15.5. The molecule has 0 aliphatic heterocycles. The number of halogens is 1. The van der Waals surface area contributed by atoms with Crippen LogP contribution < -0.4 is 0 Å². The number of para-hydroxylation sites is 3. The molecule has 10 aromatic rings. The molecule has 0 amide bonds. The summed E-state index contributed by atoms with van der Waals surface area (Å²) in [6.45, 7) is 0. The third-order valence-corrected chi connectivity index (χ3v) is 9.89. The monoisotopic (exact) mass is 719 g/mol.